The molecule has 2 N–H and O–H groups in total. The lowest BCUT2D eigenvalue weighted by molar-refractivity contribution is -0.120. The first-order chi connectivity index (χ1) is 7.33. The van der Waals surface area contributed by atoms with E-state index in [1.54, 1.807) is 6.08 Å². The Morgan fingerprint density at radius 2 is 2.07 bits per heavy atom. The zero-order chi connectivity index (χ0) is 10.9. The Bertz CT molecular complexity index is 198. The van der Waals surface area contributed by atoms with Crippen molar-refractivity contribution in [1.29, 1.82) is 0 Å². The van der Waals surface area contributed by atoms with Crippen LogP contribution in [0.3, 0.4) is 0 Å². The maximum Gasteiger partial charge on any atom is 0.233 e. The SMILES string of the molecule is C=CCNCC(=O)NCC1CCCCC1. The van der Waals surface area contributed by atoms with Crippen molar-refractivity contribution in [2.75, 3.05) is 19.6 Å². The van der Waals surface area contributed by atoms with Crippen LogP contribution in [0.4, 0.5) is 0 Å². The van der Waals surface area contributed by atoms with Crippen molar-refractivity contribution in [2.24, 2.45) is 5.92 Å². The standard InChI is InChI=1S/C12H22N2O/c1-2-8-13-10-12(15)14-9-11-6-4-3-5-7-11/h2,11,13H,1,3-10H2,(H,14,15). The third-order valence-electron chi connectivity index (χ3n) is 2.89. The summed E-state index contributed by atoms with van der Waals surface area (Å²) in [4.78, 5) is 11.4. The third-order valence-corrected chi connectivity index (χ3v) is 2.89. The monoisotopic (exact) mass is 210 g/mol. The summed E-state index contributed by atoms with van der Waals surface area (Å²) in [6, 6.07) is 0. The van der Waals surface area contributed by atoms with Crippen molar-refractivity contribution >= 4 is 5.91 Å². The molecule has 0 unspecified atom stereocenters. The molecule has 3 nitrogen and oxygen atoms in total. The van der Waals surface area contributed by atoms with Crippen LogP contribution in [0.1, 0.15) is 32.1 Å². The molecule has 0 aromatic carbocycles. The summed E-state index contributed by atoms with van der Waals surface area (Å²) < 4.78 is 0. The van der Waals surface area contributed by atoms with Crippen molar-refractivity contribution in [2.45, 2.75) is 32.1 Å². The number of carbonyl (C=O) groups is 1. The summed E-state index contributed by atoms with van der Waals surface area (Å²) in [5, 5.41) is 5.97. The lowest BCUT2D eigenvalue weighted by atomic mass is 9.89. The molecular formula is C12H22N2O. The molecule has 0 bridgehead atoms. The number of hydrogen-bond acceptors (Lipinski definition) is 2. The molecule has 1 fully saturated rings. The van der Waals surface area contributed by atoms with Crippen LogP contribution in [-0.4, -0.2) is 25.5 Å². The molecule has 15 heavy (non-hydrogen) atoms. The van der Waals surface area contributed by atoms with E-state index in [1.807, 2.05) is 0 Å². The second-order valence-corrected chi connectivity index (χ2v) is 4.23. The highest BCUT2D eigenvalue weighted by Crippen LogP contribution is 2.22. The Morgan fingerprint density at radius 1 is 1.33 bits per heavy atom. The first-order valence-electron chi connectivity index (χ1n) is 5.91. The number of nitrogens with one attached hydrogen (secondary N) is 2. The van der Waals surface area contributed by atoms with E-state index in [9.17, 15) is 4.79 Å². The predicted molar refractivity (Wildman–Crippen MR) is 62.7 cm³/mol. The molecule has 0 aromatic rings. The van der Waals surface area contributed by atoms with Gasteiger partial charge in [-0.15, -0.1) is 6.58 Å². The molecule has 3 heteroatoms. The Hall–Kier alpha value is -0.830. The van der Waals surface area contributed by atoms with Gasteiger partial charge in [-0.05, 0) is 18.8 Å². The zero-order valence-electron chi connectivity index (χ0n) is 9.43. The molecular weight excluding hydrogens is 188 g/mol. The van der Waals surface area contributed by atoms with Crippen LogP contribution in [0, 0.1) is 5.92 Å². The molecule has 1 aliphatic carbocycles. The van der Waals surface area contributed by atoms with E-state index in [2.05, 4.69) is 17.2 Å². The van der Waals surface area contributed by atoms with Gasteiger partial charge in [0.1, 0.15) is 0 Å². The first kappa shape index (κ1) is 12.2. The summed E-state index contributed by atoms with van der Waals surface area (Å²) in [5.74, 6) is 0.810. The summed E-state index contributed by atoms with van der Waals surface area (Å²) in [7, 11) is 0. The van der Waals surface area contributed by atoms with Crippen LogP contribution in [-0.2, 0) is 4.79 Å². The van der Waals surface area contributed by atoms with Crippen molar-refractivity contribution < 1.29 is 4.79 Å². The molecule has 1 saturated carbocycles. The van der Waals surface area contributed by atoms with Gasteiger partial charge < -0.3 is 10.6 Å². The normalized spacial score (nSPS) is 17.3. The van der Waals surface area contributed by atoms with Crippen molar-refractivity contribution in [3.05, 3.63) is 12.7 Å². The Balaban J connectivity index is 2.02. The lowest BCUT2D eigenvalue weighted by Crippen LogP contribution is -2.37. The highest BCUT2D eigenvalue weighted by molar-refractivity contribution is 5.77. The number of carbonyl (C=O) groups excluding carboxylic acids is 1. The lowest BCUT2D eigenvalue weighted by Gasteiger charge is -2.21. The summed E-state index contributed by atoms with van der Waals surface area (Å²) in [6.45, 7) is 5.53. The highest BCUT2D eigenvalue weighted by atomic mass is 16.1. The first-order valence-corrected chi connectivity index (χ1v) is 5.91. The average Bonchev–Trinajstić information content (AvgIpc) is 2.28. The van der Waals surface area contributed by atoms with Gasteiger partial charge in [0.05, 0.1) is 6.54 Å². The summed E-state index contributed by atoms with van der Waals surface area (Å²) >= 11 is 0. The van der Waals surface area contributed by atoms with Gasteiger partial charge in [0.15, 0.2) is 0 Å². The minimum absolute atomic E-state index is 0.0995. The number of amides is 1. The van der Waals surface area contributed by atoms with Gasteiger partial charge in [0, 0.05) is 13.1 Å². The maximum atomic E-state index is 11.4. The molecule has 0 atom stereocenters. The molecule has 86 valence electrons. The second-order valence-electron chi connectivity index (χ2n) is 4.23. The molecule has 0 aliphatic heterocycles. The molecule has 0 saturated heterocycles. The van der Waals surface area contributed by atoms with E-state index < -0.39 is 0 Å². The van der Waals surface area contributed by atoms with E-state index in [4.69, 9.17) is 0 Å². The molecule has 1 aliphatic rings. The molecule has 0 radical (unpaired) electrons. The fourth-order valence-corrected chi connectivity index (χ4v) is 2.00. The molecule has 1 amide bonds. The minimum Gasteiger partial charge on any atom is -0.355 e. The average molecular weight is 210 g/mol. The van der Waals surface area contributed by atoms with E-state index in [0.29, 0.717) is 19.0 Å². The van der Waals surface area contributed by atoms with Gasteiger partial charge in [0.2, 0.25) is 5.91 Å². The van der Waals surface area contributed by atoms with E-state index in [-0.39, 0.29) is 5.91 Å². The van der Waals surface area contributed by atoms with E-state index in [1.165, 1.54) is 32.1 Å². The number of rotatable bonds is 6. The second kappa shape index (κ2) is 7.46. The van der Waals surface area contributed by atoms with Gasteiger partial charge in [-0.1, -0.05) is 25.3 Å². The fourth-order valence-electron chi connectivity index (χ4n) is 2.00. The predicted octanol–water partition coefficient (Wildman–Crippen LogP) is 1.46. The van der Waals surface area contributed by atoms with Crippen LogP contribution < -0.4 is 10.6 Å². The van der Waals surface area contributed by atoms with Crippen LogP contribution in [0.25, 0.3) is 0 Å². The van der Waals surface area contributed by atoms with Crippen LogP contribution in [0.2, 0.25) is 0 Å². The zero-order valence-corrected chi connectivity index (χ0v) is 9.43. The molecule has 0 heterocycles. The molecule has 0 aromatic heterocycles. The summed E-state index contributed by atoms with van der Waals surface area (Å²) in [5.41, 5.74) is 0. The largest absolute Gasteiger partial charge is 0.355 e. The van der Waals surface area contributed by atoms with Gasteiger partial charge >= 0.3 is 0 Å². The fraction of sp³-hybridized carbons (Fsp3) is 0.750. The van der Waals surface area contributed by atoms with Crippen LogP contribution in [0.5, 0.6) is 0 Å². The quantitative estimate of drug-likeness (QED) is 0.515. The van der Waals surface area contributed by atoms with Crippen molar-refractivity contribution in [3.8, 4) is 0 Å². The van der Waals surface area contributed by atoms with Gasteiger partial charge in [0.25, 0.3) is 0 Å². The van der Waals surface area contributed by atoms with E-state index >= 15 is 0 Å². The minimum atomic E-state index is 0.0995. The van der Waals surface area contributed by atoms with Crippen molar-refractivity contribution in [3.63, 3.8) is 0 Å². The van der Waals surface area contributed by atoms with Crippen LogP contribution >= 0.6 is 0 Å². The van der Waals surface area contributed by atoms with Crippen molar-refractivity contribution in [1.82, 2.24) is 10.6 Å². The third kappa shape index (κ3) is 5.57. The smallest absolute Gasteiger partial charge is 0.233 e. The van der Waals surface area contributed by atoms with Gasteiger partial charge in [-0.25, -0.2) is 0 Å². The topological polar surface area (TPSA) is 41.1 Å². The highest BCUT2D eigenvalue weighted by Gasteiger charge is 2.13. The molecule has 0 spiro atoms. The van der Waals surface area contributed by atoms with Gasteiger partial charge in [-0.3, -0.25) is 4.79 Å². The Morgan fingerprint density at radius 3 is 2.73 bits per heavy atom. The van der Waals surface area contributed by atoms with Crippen LogP contribution in [0.15, 0.2) is 12.7 Å². The molecule has 1 rings (SSSR count). The maximum absolute atomic E-state index is 11.4. The number of hydrogen-bond donors (Lipinski definition) is 2. The Labute approximate surface area is 92.3 Å². The summed E-state index contributed by atoms with van der Waals surface area (Å²) in [6.07, 6.45) is 8.34. The van der Waals surface area contributed by atoms with E-state index in [0.717, 1.165) is 6.54 Å². The Kier molecular flexibility index (Phi) is 6.09. The van der Waals surface area contributed by atoms with Gasteiger partial charge in [-0.2, -0.15) is 0 Å².